The molecule has 66 valence electrons. The zero-order valence-electron chi connectivity index (χ0n) is 6.23. The summed E-state index contributed by atoms with van der Waals surface area (Å²) >= 11 is 3.01. The molecule has 0 aliphatic heterocycles. The van der Waals surface area contributed by atoms with E-state index in [-0.39, 0.29) is 12.5 Å². The second kappa shape index (κ2) is 3.63. The van der Waals surface area contributed by atoms with Gasteiger partial charge in [0.25, 0.3) is 0 Å². The molecule has 1 heterocycles. The van der Waals surface area contributed by atoms with Crippen molar-refractivity contribution in [2.45, 2.75) is 6.73 Å². The molecule has 1 aromatic rings. The average molecular weight is 236 g/mol. The zero-order valence-corrected chi connectivity index (χ0v) is 7.81. The van der Waals surface area contributed by atoms with E-state index in [1.54, 1.807) is 0 Å². The van der Waals surface area contributed by atoms with Gasteiger partial charge in [-0.15, -0.1) is 0 Å². The first-order chi connectivity index (χ1) is 5.65. The van der Waals surface area contributed by atoms with Crippen molar-refractivity contribution in [1.82, 2.24) is 9.78 Å². The van der Waals surface area contributed by atoms with Gasteiger partial charge in [0.1, 0.15) is 4.47 Å². The van der Waals surface area contributed by atoms with Crippen molar-refractivity contribution in [3.63, 3.8) is 0 Å². The number of ether oxygens (including phenoxy) is 1. The van der Waals surface area contributed by atoms with Gasteiger partial charge < -0.3 is 14.9 Å². The van der Waals surface area contributed by atoms with E-state index in [1.807, 2.05) is 0 Å². The fraction of sp³-hybridized carbons (Fsp3) is 0.400. The predicted molar refractivity (Wildman–Crippen MR) is 43.6 cm³/mol. The van der Waals surface area contributed by atoms with Crippen LogP contribution < -0.4 is 0 Å². The lowest BCUT2D eigenvalue weighted by atomic mass is 10.7. The molecule has 0 spiro atoms. The molecule has 0 radical (unpaired) electrons. The Morgan fingerprint density at radius 2 is 2.58 bits per heavy atom. The Morgan fingerprint density at radius 3 is 3.00 bits per heavy atom. The van der Waals surface area contributed by atoms with Gasteiger partial charge >= 0.3 is 5.82 Å². The molecule has 0 aliphatic carbocycles. The van der Waals surface area contributed by atoms with Gasteiger partial charge in [0.05, 0.1) is 11.3 Å². The van der Waals surface area contributed by atoms with Crippen LogP contribution in [0.4, 0.5) is 5.82 Å². The molecule has 0 N–H and O–H groups in total. The van der Waals surface area contributed by atoms with Crippen molar-refractivity contribution in [2.75, 3.05) is 7.11 Å². The Bertz CT molecular complexity index is 298. The summed E-state index contributed by atoms with van der Waals surface area (Å²) in [5.74, 6) is -0.202. The lowest BCUT2D eigenvalue weighted by Gasteiger charge is -1.90. The van der Waals surface area contributed by atoms with E-state index in [9.17, 15) is 10.1 Å². The first-order valence-corrected chi connectivity index (χ1v) is 3.80. The molecule has 0 saturated carbocycles. The molecule has 0 aliphatic rings. The number of aromatic nitrogens is 2. The summed E-state index contributed by atoms with van der Waals surface area (Å²) in [6.45, 7) is 0.201. The van der Waals surface area contributed by atoms with Crippen LogP contribution >= 0.6 is 15.9 Å². The Hall–Kier alpha value is -0.950. The van der Waals surface area contributed by atoms with Crippen molar-refractivity contribution in [1.29, 1.82) is 0 Å². The number of nitro groups is 1. The van der Waals surface area contributed by atoms with Crippen LogP contribution in [-0.4, -0.2) is 21.8 Å². The molecule has 7 heteroatoms. The van der Waals surface area contributed by atoms with E-state index in [1.165, 1.54) is 18.0 Å². The van der Waals surface area contributed by atoms with Gasteiger partial charge in [-0.1, -0.05) is 0 Å². The Morgan fingerprint density at radius 1 is 1.92 bits per heavy atom. The quantitative estimate of drug-likeness (QED) is 0.583. The van der Waals surface area contributed by atoms with Crippen molar-refractivity contribution >= 4 is 21.7 Å². The van der Waals surface area contributed by atoms with E-state index in [0.717, 1.165) is 0 Å². The predicted octanol–water partition coefficient (Wildman–Crippen LogP) is 1.16. The fourth-order valence-corrected chi connectivity index (χ4v) is 1.17. The SMILES string of the molecule is COCn1cc(Br)c([N+](=O)[O-])n1. The molecule has 12 heavy (non-hydrogen) atoms. The Balaban J connectivity index is 2.92. The number of methoxy groups -OCH3 is 1. The summed E-state index contributed by atoms with van der Waals surface area (Å²) in [6, 6.07) is 0. The monoisotopic (exact) mass is 235 g/mol. The maximum atomic E-state index is 10.3. The maximum Gasteiger partial charge on any atom is 0.404 e. The molecule has 0 aromatic carbocycles. The molecule has 6 nitrogen and oxygen atoms in total. The molecule has 0 atom stereocenters. The minimum Gasteiger partial charge on any atom is -0.360 e. The van der Waals surface area contributed by atoms with Crippen LogP contribution in [0.3, 0.4) is 0 Å². The van der Waals surface area contributed by atoms with Crippen LogP contribution in [0, 0.1) is 10.1 Å². The lowest BCUT2D eigenvalue weighted by Crippen LogP contribution is -2.00. The third-order valence-electron chi connectivity index (χ3n) is 1.13. The second-order valence-electron chi connectivity index (χ2n) is 2.01. The molecular formula is C5H6BrN3O3. The Labute approximate surface area is 76.4 Å². The van der Waals surface area contributed by atoms with Crippen molar-refractivity contribution < 1.29 is 9.66 Å². The molecule has 0 amide bonds. The highest BCUT2D eigenvalue weighted by Crippen LogP contribution is 2.21. The van der Waals surface area contributed by atoms with E-state index in [4.69, 9.17) is 4.74 Å². The Kier molecular flexibility index (Phi) is 2.77. The van der Waals surface area contributed by atoms with Gasteiger partial charge in [0.15, 0.2) is 6.73 Å². The van der Waals surface area contributed by atoms with Crippen LogP contribution in [0.2, 0.25) is 0 Å². The second-order valence-corrected chi connectivity index (χ2v) is 2.87. The number of rotatable bonds is 3. The largest absolute Gasteiger partial charge is 0.404 e. The third kappa shape index (κ3) is 1.80. The molecular weight excluding hydrogens is 230 g/mol. The van der Waals surface area contributed by atoms with Crippen molar-refractivity contribution in [3.8, 4) is 0 Å². The van der Waals surface area contributed by atoms with E-state index >= 15 is 0 Å². The van der Waals surface area contributed by atoms with E-state index < -0.39 is 4.92 Å². The first-order valence-electron chi connectivity index (χ1n) is 3.01. The number of halogens is 1. The van der Waals surface area contributed by atoms with Gasteiger partial charge in [-0.25, -0.2) is 0 Å². The summed E-state index contributed by atoms with van der Waals surface area (Å²) < 4.78 is 6.42. The zero-order chi connectivity index (χ0) is 9.14. The topological polar surface area (TPSA) is 70.2 Å². The molecule has 0 unspecified atom stereocenters. The van der Waals surface area contributed by atoms with Gasteiger partial charge in [0.2, 0.25) is 0 Å². The smallest absolute Gasteiger partial charge is 0.360 e. The summed E-state index contributed by atoms with van der Waals surface area (Å²) in [5, 5.41) is 13.9. The summed E-state index contributed by atoms with van der Waals surface area (Å²) in [5.41, 5.74) is 0. The van der Waals surface area contributed by atoms with Gasteiger partial charge in [-0.3, -0.25) is 0 Å². The van der Waals surface area contributed by atoms with Crippen LogP contribution in [0.15, 0.2) is 10.7 Å². The number of nitrogens with zero attached hydrogens (tertiary/aromatic N) is 3. The normalized spacial score (nSPS) is 10.2. The highest BCUT2D eigenvalue weighted by molar-refractivity contribution is 9.10. The van der Waals surface area contributed by atoms with Gasteiger partial charge in [-0.05, 0) is 20.9 Å². The van der Waals surface area contributed by atoms with Crippen LogP contribution in [0.5, 0.6) is 0 Å². The minimum atomic E-state index is -0.559. The highest BCUT2D eigenvalue weighted by atomic mass is 79.9. The summed E-state index contributed by atoms with van der Waals surface area (Å²) in [6.07, 6.45) is 1.49. The molecule has 1 rings (SSSR count). The molecule has 1 aromatic heterocycles. The fourth-order valence-electron chi connectivity index (χ4n) is 0.709. The number of hydrogen-bond acceptors (Lipinski definition) is 4. The molecule has 0 saturated heterocycles. The maximum absolute atomic E-state index is 10.3. The van der Waals surface area contributed by atoms with Crippen molar-refractivity contribution in [2.24, 2.45) is 0 Å². The van der Waals surface area contributed by atoms with Crippen LogP contribution in [0.1, 0.15) is 0 Å². The third-order valence-corrected chi connectivity index (χ3v) is 1.69. The van der Waals surface area contributed by atoms with Gasteiger partial charge in [0, 0.05) is 7.11 Å². The lowest BCUT2D eigenvalue weighted by molar-refractivity contribution is -0.390. The summed E-state index contributed by atoms with van der Waals surface area (Å²) in [7, 11) is 1.49. The molecule has 0 fully saturated rings. The van der Waals surface area contributed by atoms with E-state index in [0.29, 0.717) is 4.47 Å². The minimum absolute atomic E-state index is 0.201. The van der Waals surface area contributed by atoms with Gasteiger partial charge in [-0.2, -0.15) is 4.68 Å². The van der Waals surface area contributed by atoms with Crippen molar-refractivity contribution in [3.05, 3.63) is 20.8 Å². The highest BCUT2D eigenvalue weighted by Gasteiger charge is 2.17. The molecule has 0 bridgehead atoms. The number of hydrogen-bond donors (Lipinski definition) is 0. The van der Waals surface area contributed by atoms with Crippen LogP contribution in [0.25, 0.3) is 0 Å². The van der Waals surface area contributed by atoms with Crippen LogP contribution in [-0.2, 0) is 11.5 Å². The van der Waals surface area contributed by atoms with E-state index in [2.05, 4.69) is 21.0 Å². The standard InChI is InChI=1S/C5H6BrN3O3/c1-12-3-8-2-4(6)5(7-8)9(10)11/h2H,3H2,1H3. The summed E-state index contributed by atoms with van der Waals surface area (Å²) in [4.78, 5) is 9.74. The first kappa shape index (κ1) is 9.14. The average Bonchev–Trinajstić information content (AvgIpc) is 2.32.